The van der Waals surface area contributed by atoms with Crippen LogP contribution in [0.2, 0.25) is 0 Å². The second kappa shape index (κ2) is 21.6. The average molecular weight is 1240 g/mol. The number of benzene rings is 9. The second-order valence-electron chi connectivity index (χ2n) is 24.4. The molecule has 9 aromatic carbocycles. The largest absolute Gasteiger partial charge is 0.289 e. The van der Waals surface area contributed by atoms with Crippen molar-refractivity contribution in [2.24, 2.45) is 0 Å². The summed E-state index contributed by atoms with van der Waals surface area (Å²) >= 11 is 4.91. The van der Waals surface area contributed by atoms with Crippen molar-refractivity contribution in [2.45, 2.75) is 38.5 Å². The smallest absolute Gasteiger partial charge is 0.194 e. The van der Waals surface area contributed by atoms with E-state index in [1.54, 1.807) is 70.4 Å². The van der Waals surface area contributed by atoms with E-state index in [0.29, 0.717) is 44.5 Å². The molecule has 6 nitrogen and oxygen atoms in total. The molecular formula is C84H50N4O2S3. The molecule has 12 aromatic rings. The van der Waals surface area contributed by atoms with Gasteiger partial charge in [0.1, 0.15) is 35.4 Å². The Morgan fingerprint density at radius 1 is 0.355 bits per heavy atom. The zero-order valence-corrected chi connectivity index (χ0v) is 53.2. The van der Waals surface area contributed by atoms with Crippen LogP contribution in [-0.2, 0) is 10.8 Å². The minimum absolute atomic E-state index is 0.0863. The van der Waals surface area contributed by atoms with Crippen molar-refractivity contribution in [1.82, 2.24) is 0 Å². The number of Topliss-reactive ketones (excluding diaryl/α,β-unsaturated/α-hetero) is 2. The highest BCUT2D eigenvalue weighted by Gasteiger charge is 2.52. The molecule has 16 rings (SSSR count). The van der Waals surface area contributed by atoms with Crippen LogP contribution >= 0.6 is 34.0 Å². The van der Waals surface area contributed by atoms with E-state index in [2.05, 4.69) is 198 Å². The summed E-state index contributed by atoms with van der Waals surface area (Å²) in [5.41, 5.74) is 21.5. The highest BCUT2D eigenvalue weighted by Crippen LogP contribution is 2.64. The average Bonchev–Trinajstić information content (AvgIpc) is 1.51. The molecule has 3 aromatic heterocycles. The van der Waals surface area contributed by atoms with Gasteiger partial charge in [-0.2, -0.15) is 21.0 Å². The highest BCUT2D eigenvalue weighted by atomic mass is 32.1. The Morgan fingerprint density at radius 2 is 0.742 bits per heavy atom. The van der Waals surface area contributed by atoms with E-state index in [0.717, 1.165) is 90.1 Å². The number of nitriles is 4. The first-order valence-corrected chi connectivity index (χ1v) is 33.0. The van der Waals surface area contributed by atoms with Crippen LogP contribution < -0.4 is 0 Å². The Kier molecular flexibility index (Phi) is 13.2. The van der Waals surface area contributed by atoms with Crippen LogP contribution in [0.25, 0.3) is 75.8 Å². The van der Waals surface area contributed by atoms with Crippen LogP contribution in [0, 0.1) is 73.0 Å². The maximum absolute atomic E-state index is 14.1. The van der Waals surface area contributed by atoms with E-state index >= 15 is 0 Å². The molecular weight excluding hydrogens is 1190 g/mol. The molecule has 4 aliphatic carbocycles. The summed E-state index contributed by atoms with van der Waals surface area (Å²) in [4.78, 5) is 32.9. The molecule has 0 radical (unpaired) electrons. The molecule has 0 bridgehead atoms. The first-order valence-electron chi connectivity index (χ1n) is 30.6. The van der Waals surface area contributed by atoms with Gasteiger partial charge in [0.15, 0.2) is 11.6 Å². The zero-order chi connectivity index (χ0) is 63.6. The van der Waals surface area contributed by atoms with E-state index < -0.39 is 10.8 Å². The Hall–Kier alpha value is -11.4. The van der Waals surface area contributed by atoms with Crippen LogP contribution in [0.3, 0.4) is 0 Å². The van der Waals surface area contributed by atoms with Gasteiger partial charge in [0, 0.05) is 62.5 Å². The number of carbonyl (C=O) groups is 2. The topological polar surface area (TPSA) is 129 Å². The third kappa shape index (κ3) is 8.53. The molecule has 436 valence electrons. The van der Waals surface area contributed by atoms with Crippen LogP contribution in [0.15, 0.2) is 241 Å². The minimum atomic E-state index is -0.801. The lowest BCUT2D eigenvalue weighted by atomic mass is 9.65. The van der Waals surface area contributed by atoms with E-state index in [9.17, 15) is 30.6 Å². The van der Waals surface area contributed by atoms with Crippen LogP contribution in [0.4, 0.5) is 0 Å². The van der Waals surface area contributed by atoms with Crippen molar-refractivity contribution >= 4 is 79.0 Å². The first kappa shape index (κ1) is 56.8. The van der Waals surface area contributed by atoms with Gasteiger partial charge in [-0.3, -0.25) is 9.59 Å². The molecule has 0 saturated carbocycles. The van der Waals surface area contributed by atoms with Gasteiger partial charge in [-0.15, -0.1) is 34.0 Å². The molecule has 0 N–H and O–H groups in total. The Morgan fingerprint density at radius 3 is 1.19 bits per heavy atom. The molecule has 0 aliphatic heterocycles. The Balaban J connectivity index is 0.906. The SMILES string of the molecule is Cc1ccc(C2(c3ccc(C)cc3)c3cc(-c4ccc(C=C5C(=O)c6ccccc6C5=C(C#N)C#N)s4)ccc3-c3cc4c(cc32)-c2cc3cc(-c5ccc(C=C6C(=O)c7ccccc7C6=C(C#N)C#N)s5)sc3cc2C4(c2ccc(C)cc2)c2ccc(C)cc2)cc1. The summed E-state index contributed by atoms with van der Waals surface area (Å²) < 4.78 is 1.14. The van der Waals surface area contributed by atoms with Crippen molar-refractivity contribution in [2.75, 3.05) is 0 Å². The highest BCUT2D eigenvalue weighted by molar-refractivity contribution is 7.26. The van der Waals surface area contributed by atoms with E-state index in [1.807, 2.05) is 48.6 Å². The fraction of sp³-hybridized carbons (Fsp3) is 0.0714. The monoisotopic (exact) mass is 1240 g/mol. The zero-order valence-electron chi connectivity index (χ0n) is 50.8. The van der Waals surface area contributed by atoms with Gasteiger partial charge in [0.25, 0.3) is 0 Å². The quantitative estimate of drug-likeness (QED) is 0.110. The van der Waals surface area contributed by atoms with Gasteiger partial charge in [-0.25, -0.2) is 0 Å². The molecule has 0 atom stereocenters. The number of aryl methyl sites for hydroxylation is 4. The number of allylic oxidation sites excluding steroid dienone is 6. The van der Waals surface area contributed by atoms with E-state index in [1.165, 1.54) is 38.9 Å². The van der Waals surface area contributed by atoms with E-state index in [4.69, 9.17) is 0 Å². The summed E-state index contributed by atoms with van der Waals surface area (Å²) in [7, 11) is 0. The third-order valence-electron chi connectivity index (χ3n) is 19.2. The van der Waals surface area contributed by atoms with Crippen molar-refractivity contribution in [3.05, 3.63) is 339 Å². The molecule has 3 heterocycles. The van der Waals surface area contributed by atoms with Gasteiger partial charge >= 0.3 is 0 Å². The van der Waals surface area contributed by atoms with Crippen LogP contribution in [0.1, 0.15) is 108 Å². The molecule has 0 fully saturated rings. The first-order chi connectivity index (χ1) is 45.3. The molecule has 9 heteroatoms. The summed E-state index contributed by atoms with van der Waals surface area (Å²) in [5, 5.41) is 41.5. The number of ketones is 2. The number of thiophene rings is 3. The van der Waals surface area contributed by atoms with Gasteiger partial charge in [-0.05, 0) is 189 Å². The normalized spacial score (nSPS) is 15.1. The number of hydrogen-bond acceptors (Lipinski definition) is 9. The fourth-order valence-electron chi connectivity index (χ4n) is 14.9. The Labute approximate surface area is 550 Å². The number of fused-ring (bicyclic) bond motifs is 9. The lowest BCUT2D eigenvalue weighted by Crippen LogP contribution is -2.30. The second-order valence-corrected chi connectivity index (χ2v) is 27.7. The molecule has 0 unspecified atom stereocenters. The summed E-state index contributed by atoms with van der Waals surface area (Å²) in [5.74, 6) is -0.411. The van der Waals surface area contributed by atoms with Crippen molar-refractivity contribution in [3.63, 3.8) is 0 Å². The Bertz CT molecular complexity index is 5490. The van der Waals surface area contributed by atoms with Crippen molar-refractivity contribution in [3.8, 4) is 66.7 Å². The summed E-state index contributed by atoms with van der Waals surface area (Å²) in [6.45, 7) is 8.56. The van der Waals surface area contributed by atoms with Gasteiger partial charge in [0.2, 0.25) is 0 Å². The lowest BCUT2D eigenvalue weighted by Gasteiger charge is -2.36. The summed E-state index contributed by atoms with van der Waals surface area (Å²) in [6, 6.07) is 86.3. The molecule has 0 spiro atoms. The molecule has 4 aliphatic rings. The van der Waals surface area contributed by atoms with Crippen molar-refractivity contribution < 1.29 is 9.59 Å². The van der Waals surface area contributed by atoms with Crippen LogP contribution in [0.5, 0.6) is 0 Å². The number of hydrogen-bond donors (Lipinski definition) is 0. The minimum Gasteiger partial charge on any atom is -0.289 e. The van der Waals surface area contributed by atoms with Gasteiger partial charge in [-0.1, -0.05) is 180 Å². The lowest BCUT2D eigenvalue weighted by molar-refractivity contribution is 0.103. The molecule has 0 saturated heterocycles. The molecule has 0 amide bonds. The number of carbonyl (C=O) groups excluding carboxylic acids is 2. The van der Waals surface area contributed by atoms with Gasteiger partial charge in [0.05, 0.1) is 10.8 Å². The number of nitrogens with zero attached hydrogens (tertiary/aromatic N) is 4. The van der Waals surface area contributed by atoms with Crippen LogP contribution in [-0.4, -0.2) is 11.6 Å². The predicted molar refractivity (Wildman–Crippen MR) is 376 cm³/mol. The predicted octanol–water partition coefficient (Wildman–Crippen LogP) is 20.5. The standard InChI is InChI=1S/C84H50N4O2S3/c1-47-13-22-55(23-14-47)83(56-24-15-48(2)16-25-56)71-36-51(75-33-30-59(91-75)38-69-79(53(43-85)44-86)62-9-5-7-11-64(62)81(69)89)21-32-61(71)67-40-73-68(41-72(67)83)66-35-52-37-78(76-34-31-60(92-76)39-70-80(54(45-87)46-88)63-10-6-8-12-65(63)82(70)90)93-77(52)42-74(66)84(73,57-26-17-49(3)18-27-57)58-28-19-50(4)20-29-58/h5-42H,1-4H3. The summed E-state index contributed by atoms with van der Waals surface area (Å²) in [6.07, 6.45) is 3.67. The maximum atomic E-state index is 14.1. The fourth-order valence-corrected chi connectivity index (χ4v) is 17.9. The maximum Gasteiger partial charge on any atom is 0.194 e. The molecule has 93 heavy (non-hydrogen) atoms. The van der Waals surface area contributed by atoms with Crippen molar-refractivity contribution in [1.29, 1.82) is 21.0 Å². The number of rotatable bonds is 8. The third-order valence-corrected chi connectivity index (χ3v) is 22.6. The van der Waals surface area contributed by atoms with E-state index in [-0.39, 0.29) is 22.7 Å². The van der Waals surface area contributed by atoms with Gasteiger partial charge < -0.3 is 0 Å².